The summed E-state index contributed by atoms with van der Waals surface area (Å²) in [5.41, 5.74) is 2.34. The van der Waals surface area contributed by atoms with Crippen LogP contribution in [0.1, 0.15) is 31.4 Å². The van der Waals surface area contributed by atoms with Crippen LogP contribution >= 0.6 is 15.9 Å². The molecule has 80 valence electrons. The SMILES string of the molecule is CCC=CC1(C)OCc2cc(Br)ccc21. The van der Waals surface area contributed by atoms with Crippen LogP contribution in [0.2, 0.25) is 0 Å². The van der Waals surface area contributed by atoms with E-state index in [0.29, 0.717) is 6.61 Å². The number of hydrogen-bond donors (Lipinski definition) is 0. The summed E-state index contributed by atoms with van der Waals surface area (Å²) in [7, 11) is 0. The summed E-state index contributed by atoms with van der Waals surface area (Å²) >= 11 is 3.48. The van der Waals surface area contributed by atoms with Gasteiger partial charge in [0.25, 0.3) is 0 Å². The van der Waals surface area contributed by atoms with Gasteiger partial charge in [-0.25, -0.2) is 0 Å². The molecule has 1 unspecified atom stereocenters. The van der Waals surface area contributed by atoms with Crippen LogP contribution in [0.15, 0.2) is 34.8 Å². The van der Waals surface area contributed by atoms with E-state index in [1.54, 1.807) is 0 Å². The normalized spacial score (nSPS) is 24.7. The Bertz CT molecular complexity index is 398. The zero-order valence-electron chi connectivity index (χ0n) is 9.09. The Labute approximate surface area is 99.3 Å². The molecular weight excluding hydrogens is 252 g/mol. The van der Waals surface area contributed by atoms with E-state index in [-0.39, 0.29) is 5.60 Å². The second kappa shape index (κ2) is 4.11. The molecule has 1 nitrogen and oxygen atoms in total. The molecule has 0 N–H and O–H groups in total. The Morgan fingerprint density at radius 1 is 1.53 bits per heavy atom. The number of ether oxygens (including phenoxy) is 1. The standard InChI is InChI=1S/C13H15BrO/c1-3-4-7-13(2)12-6-5-11(14)8-10(12)9-15-13/h4-8H,3,9H2,1-2H3. The summed E-state index contributed by atoms with van der Waals surface area (Å²) < 4.78 is 6.98. The van der Waals surface area contributed by atoms with Crippen LogP contribution in [0.4, 0.5) is 0 Å². The lowest BCUT2D eigenvalue weighted by Crippen LogP contribution is -2.16. The number of fused-ring (bicyclic) bond motifs is 1. The molecule has 2 rings (SSSR count). The van der Waals surface area contributed by atoms with Crippen LogP contribution in [0.3, 0.4) is 0 Å². The van der Waals surface area contributed by atoms with Crippen LogP contribution in [-0.2, 0) is 16.9 Å². The van der Waals surface area contributed by atoms with Crippen LogP contribution in [0.5, 0.6) is 0 Å². The van der Waals surface area contributed by atoms with Crippen molar-refractivity contribution in [1.82, 2.24) is 0 Å². The van der Waals surface area contributed by atoms with E-state index < -0.39 is 0 Å². The van der Waals surface area contributed by atoms with Gasteiger partial charge in [0.1, 0.15) is 5.60 Å². The molecule has 15 heavy (non-hydrogen) atoms. The Hall–Kier alpha value is -0.600. The number of allylic oxidation sites excluding steroid dienone is 1. The van der Waals surface area contributed by atoms with Gasteiger partial charge >= 0.3 is 0 Å². The first-order chi connectivity index (χ1) is 7.15. The Kier molecular flexibility index (Phi) is 2.98. The Morgan fingerprint density at radius 3 is 3.07 bits per heavy atom. The van der Waals surface area contributed by atoms with Gasteiger partial charge in [-0.1, -0.05) is 41.1 Å². The van der Waals surface area contributed by atoms with Gasteiger partial charge in [0, 0.05) is 4.47 Å². The lowest BCUT2D eigenvalue weighted by Gasteiger charge is -2.20. The van der Waals surface area contributed by atoms with Crippen molar-refractivity contribution in [2.75, 3.05) is 0 Å². The van der Waals surface area contributed by atoms with Gasteiger partial charge in [-0.2, -0.15) is 0 Å². The van der Waals surface area contributed by atoms with Gasteiger partial charge in [0.15, 0.2) is 0 Å². The van der Waals surface area contributed by atoms with Crippen molar-refractivity contribution in [2.45, 2.75) is 32.5 Å². The van der Waals surface area contributed by atoms with Gasteiger partial charge in [-0.3, -0.25) is 0 Å². The summed E-state index contributed by atoms with van der Waals surface area (Å²) in [6, 6.07) is 6.36. The van der Waals surface area contributed by atoms with Crippen LogP contribution in [0.25, 0.3) is 0 Å². The monoisotopic (exact) mass is 266 g/mol. The van der Waals surface area contributed by atoms with Gasteiger partial charge in [-0.15, -0.1) is 0 Å². The van der Waals surface area contributed by atoms with E-state index in [1.807, 2.05) is 0 Å². The fourth-order valence-corrected chi connectivity index (χ4v) is 2.36. The lowest BCUT2D eigenvalue weighted by molar-refractivity contribution is 0.0157. The summed E-state index contributed by atoms with van der Waals surface area (Å²) in [5.74, 6) is 0. The number of benzene rings is 1. The maximum Gasteiger partial charge on any atom is 0.109 e. The molecule has 0 aromatic heterocycles. The van der Waals surface area contributed by atoms with E-state index in [9.17, 15) is 0 Å². The van der Waals surface area contributed by atoms with Crippen molar-refractivity contribution in [3.8, 4) is 0 Å². The third-order valence-electron chi connectivity index (χ3n) is 2.80. The second-order valence-electron chi connectivity index (χ2n) is 4.01. The first-order valence-corrected chi connectivity index (χ1v) is 6.05. The molecule has 0 saturated carbocycles. The van der Waals surface area contributed by atoms with Gasteiger partial charge in [0.05, 0.1) is 6.61 Å². The second-order valence-corrected chi connectivity index (χ2v) is 4.92. The average molecular weight is 267 g/mol. The van der Waals surface area contributed by atoms with Crippen molar-refractivity contribution in [3.63, 3.8) is 0 Å². The van der Waals surface area contributed by atoms with E-state index in [0.717, 1.165) is 10.9 Å². The molecule has 0 bridgehead atoms. The van der Waals surface area contributed by atoms with Crippen molar-refractivity contribution in [3.05, 3.63) is 46.0 Å². The summed E-state index contributed by atoms with van der Waals surface area (Å²) in [5, 5.41) is 0. The fourth-order valence-electron chi connectivity index (χ4n) is 1.95. The van der Waals surface area contributed by atoms with E-state index >= 15 is 0 Å². The van der Waals surface area contributed by atoms with Gasteiger partial charge in [0.2, 0.25) is 0 Å². The smallest absolute Gasteiger partial charge is 0.109 e. The first kappa shape index (κ1) is 10.9. The minimum absolute atomic E-state index is 0.230. The summed E-state index contributed by atoms with van der Waals surface area (Å²) in [6.45, 7) is 4.97. The number of rotatable bonds is 2. The Morgan fingerprint density at radius 2 is 2.33 bits per heavy atom. The molecule has 0 spiro atoms. The highest BCUT2D eigenvalue weighted by Gasteiger charge is 2.32. The highest BCUT2D eigenvalue weighted by atomic mass is 79.9. The van der Waals surface area contributed by atoms with Crippen molar-refractivity contribution < 1.29 is 4.74 Å². The van der Waals surface area contributed by atoms with Gasteiger partial charge < -0.3 is 4.74 Å². The lowest BCUT2D eigenvalue weighted by atomic mass is 9.94. The van der Waals surface area contributed by atoms with Crippen molar-refractivity contribution in [2.24, 2.45) is 0 Å². The minimum Gasteiger partial charge on any atom is -0.362 e. The molecule has 0 radical (unpaired) electrons. The molecule has 0 aliphatic carbocycles. The zero-order chi connectivity index (χ0) is 10.9. The third-order valence-corrected chi connectivity index (χ3v) is 3.29. The van der Waals surface area contributed by atoms with Crippen LogP contribution in [0, 0.1) is 0 Å². The minimum atomic E-state index is -0.230. The summed E-state index contributed by atoms with van der Waals surface area (Å²) in [4.78, 5) is 0. The molecular formula is C13H15BrO. The predicted molar refractivity (Wildman–Crippen MR) is 65.7 cm³/mol. The molecule has 1 aromatic carbocycles. The van der Waals surface area contributed by atoms with E-state index in [1.165, 1.54) is 11.1 Å². The maximum atomic E-state index is 5.86. The third kappa shape index (κ3) is 2.01. The largest absolute Gasteiger partial charge is 0.362 e. The fraction of sp³-hybridized carbons (Fsp3) is 0.385. The molecule has 1 atom stereocenters. The summed E-state index contributed by atoms with van der Waals surface area (Å²) in [6.07, 6.45) is 5.37. The van der Waals surface area contributed by atoms with Crippen LogP contribution in [-0.4, -0.2) is 0 Å². The highest BCUT2D eigenvalue weighted by Crippen LogP contribution is 2.38. The number of hydrogen-bond acceptors (Lipinski definition) is 1. The first-order valence-electron chi connectivity index (χ1n) is 5.26. The molecule has 1 heterocycles. The Balaban J connectivity index is 2.39. The molecule has 2 heteroatoms. The maximum absolute atomic E-state index is 5.86. The molecule has 0 saturated heterocycles. The molecule has 1 aliphatic rings. The average Bonchev–Trinajstić information content (AvgIpc) is 2.54. The topological polar surface area (TPSA) is 9.23 Å². The molecule has 1 aliphatic heterocycles. The zero-order valence-corrected chi connectivity index (χ0v) is 10.7. The van der Waals surface area contributed by atoms with Crippen LogP contribution < -0.4 is 0 Å². The van der Waals surface area contributed by atoms with E-state index in [2.05, 4.69) is 60.1 Å². The van der Waals surface area contributed by atoms with Crippen molar-refractivity contribution >= 4 is 15.9 Å². The number of halogens is 1. The van der Waals surface area contributed by atoms with E-state index in [4.69, 9.17) is 4.74 Å². The van der Waals surface area contributed by atoms with Gasteiger partial charge in [-0.05, 0) is 36.6 Å². The quantitative estimate of drug-likeness (QED) is 0.731. The predicted octanol–water partition coefficient (Wildman–Crippen LogP) is 4.16. The molecule has 0 fully saturated rings. The highest BCUT2D eigenvalue weighted by molar-refractivity contribution is 9.10. The molecule has 1 aromatic rings. The van der Waals surface area contributed by atoms with Crippen molar-refractivity contribution in [1.29, 1.82) is 0 Å². The molecule has 0 amide bonds.